The van der Waals surface area contributed by atoms with Crippen LogP contribution >= 0.6 is 0 Å². The topological polar surface area (TPSA) is 51.3 Å². The summed E-state index contributed by atoms with van der Waals surface area (Å²) >= 11 is 0. The Hall–Kier alpha value is -1.33. The summed E-state index contributed by atoms with van der Waals surface area (Å²) in [5, 5.41) is 0. The van der Waals surface area contributed by atoms with E-state index in [-0.39, 0.29) is 23.9 Å². The fourth-order valence-corrected chi connectivity index (χ4v) is 1.91. The Balaban J connectivity index is 2.15. The number of aromatic amines is 1. The second-order valence-corrected chi connectivity index (χ2v) is 5.92. The number of aryl methyl sites for hydroxylation is 1. The summed E-state index contributed by atoms with van der Waals surface area (Å²) < 4.78 is 11.7. The number of nitrogens with one attached hydrogen (secondary N) is 1. The maximum atomic E-state index is 11.1. The van der Waals surface area contributed by atoms with Crippen LogP contribution in [0.3, 0.4) is 0 Å². The van der Waals surface area contributed by atoms with E-state index in [1.807, 2.05) is 46.7 Å². The standard InChI is InChI=1S/C14H20BNO3/c1-10-8-12(17)16-9-11(10)6-7-15-18-13(2,3)14(4,5)19-15/h6-9H,1-5H3,(H,16,17)/b7-6+. The third-order valence-electron chi connectivity index (χ3n) is 3.88. The zero-order valence-electron chi connectivity index (χ0n) is 12.1. The zero-order chi connectivity index (χ0) is 14.3. The molecule has 0 atom stereocenters. The molecular formula is C14H20BNO3. The summed E-state index contributed by atoms with van der Waals surface area (Å²) in [7, 11) is -0.365. The van der Waals surface area contributed by atoms with Gasteiger partial charge in [-0.15, -0.1) is 0 Å². The maximum Gasteiger partial charge on any atom is 0.487 e. The normalized spacial score (nSPS) is 21.2. The second kappa shape index (κ2) is 4.65. The zero-order valence-corrected chi connectivity index (χ0v) is 12.1. The first-order valence-electron chi connectivity index (χ1n) is 6.44. The predicted octanol–water partition coefficient (Wildman–Crippen LogP) is 2.33. The summed E-state index contributed by atoms with van der Waals surface area (Å²) in [6.07, 6.45) is 3.60. The van der Waals surface area contributed by atoms with Crippen molar-refractivity contribution >= 4 is 13.2 Å². The number of hydrogen-bond donors (Lipinski definition) is 1. The molecule has 1 aromatic heterocycles. The lowest BCUT2D eigenvalue weighted by Gasteiger charge is -2.32. The fourth-order valence-electron chi connectivity index (χ4n) is 1.91. The number of hydrogen-bond acceptors (Lipinski definition) is 3. The van der Waals surface area contributed by atoms with Gasteiger partial charge in [0.05, 0.1) is 11.2 Å². The summed E-state index contributed by atoms with van der Waals surface area (Å²) in [6.45, 7) is 9.98. The summed E-state index contributed by atoms with van der Waals surface area (Å²) in [5.74, 6) is 1.87. The number of aromatic nitrogens is 1. The SMILES string of the molecule is Cc1cc(=O)[nH]cc1/C=C/B1OC(C)(C)C(C)(C)O1. The quantitative estimate of drug-likeness (QED) is 0.831. The van der Waals surface area contributed by atoms with Gasteiger partial charge < -0.3 is 14.3 Å². The van der Waals surface area contributed by atoms with E-state index < -0.39 is 0 Å². The van der Waals surface area contributed by atoms with Gasteiger partial charge >= 0.3 is 7.12 Å². The lowest BCUT2D eigenvalue weighted by atomic mass is 9.89. The molecule has 0 bridgehead atoms. The van der Waals surface area contributed by atoms with Crippen molar-refractivity contribution < 1.29 is 9.31 Å². The number of pyridine rings is 1. The van der Waals surface area contributed by atoms with Crippen molar-refractivity contribution in [1.29, 1.82) is 0 Å². The molecule has 1 N–H and O–H groups in total. The van der Waals surface area contributed by atoms with Gasteiger partial charge in [-0.2, -0.15) is 0 Å². The largest absolute Gasteiger partial charge is 0.487 e. The Labute approximate surface area is 114 Å². The lowest BCUT2D eigenvalue weighted by molar-refractivity contribution is 0.00578. The van der Waals surface area contributed by atoms with Crippen LogP contribution in [0.5, 0.6) is 0 Å². The Bertz CT molecular complexity index is 544. The highest BCUT2D eigenvalue weighted by atomic mass is 16.7. The van der Waals surface area contributed by atoms with Crippen molar-refractivity contribution in [3.05, 3.63) is 39.7 Å². The maximum absolute atomic E-state index is 11.1. The monoisotopic (exact) mass is 261 g/mol. The molecule has 1 aliphatic rings. The van der Waals surface area contributed by atoms with E-state index in [0.29, 0.717) is 0 Å². The molecule has 1 fully saturated rings. The minimum Gasteiger partial charge on any atom is -0.400 e. The molecule has 0 spiro atoms. The van der Waals surface area contributed by atoms with Gasteiger partial charge in [0, 0.05) is 12.3 Å². The van der Waals surface area contributed by atoms with E-state index in [1.165, 1.54) is 0 Å². The highest BCUT2D eigenvalue weighted by molar-refractivity contribution is 6.52. The molecule has 4 nitrogen and oxygen atoms in total. The van der Waals surface area contributed by atoms with Crippen LogP contribution in [0.1, 0.15) is 38.8 Å². The predicted molar refractivity (Wildman–Crippen MR) is 76.9 cm³/mol. The molecule has 2 rings (SSSR count). The van der Waals surface area contributed by atoms with E-state index in [0.717, 1.165) is 11.1 Å². The van der Waals surface area contributed by atoms with Crippen LogP contribution in [0.15, 0.2) is 23.0 Å². The van der Waals surface area contributed by atoms with Gasteiger partial charge in [-0.25, -0.2) is 0 Å². The first-order valence-corrected chi connectivity index (χ1v) is 6.44. The molecule has 1 aromatic rings. The van der Waals surface area contributed by atoms with Crippen molar-refractivity contribution in [2.24, 2.45) is 0 Å². The summed E-state index contributed by atoms with van der Waals surface area (Å²) in [5.41, 5.74) is 1.13. The molecule has 0 aliphatic carbocycles. The van der Waals surface area contributed by atoms with Crippen LogP contribution < -0.4 is 5.56 Å². The van der Waals surface area contributed by atoms with E-state index in [9.17, 15) is 4.79 Å². The van der Waals surface area contributed by atoms with Crippen LogP contribution in [0, 0.1) is 6.92 Å². The molecule has 19 heavy (non-hydrogen) atoms. The molecule has 0 saturated carbocycles. The van der Waals surface area contributed by atoms with Crippen molar-refractivity contribution in [3.8, 4) is 0 Å². The molecule has 0 aromatic carbocycles. The van der Waals surface area contributed by atoms with Crippen molar-refractivity contribution in [1.82, 2.24) is 4.98 Å². The third-order valence-corrected chi connectivity index (χ3v) is 3.88. The van der Waals surface area contributed by atoms with Crippen LogP contribution in [-0.4, -0.2) is 23.3 Å². The van der Waals surface area contributed by atoms with E-state index in [4.69, 9.17) is 9.31 Å². The molecule has 0 amide bonds. The minimum atomic E-state index is -0.365. The molecule has 2 heterocycles. The average Bonchev–Trinajstić information content (AvgIpc) is 2.46. The summed E-state index contributed by atoms with van der Waals surface area (Å²) in [6, 6.07) is 1.57. The van der Waals surface area contributed by atoms with Gasteiger partial charge in [-0.1, -0.05) is 12.1 Å². The Morgan fingerprint density at radius 3 is 2.32 bits per heavy atom. The van der Waals surface area contributed by atoms with Gasteiger partial charge in [0.2, 0.25) is 5.56 Å². The molecule has 0 radical (unpaired) electrons. The molecular weight excluding hydrogens is 241 g/mol. The second-order valence-electron chi connectivity index (χ2n) is 5.92. The van der Waals surface area contributed by atoms with Crippen molar-refractivity contribution in [2.75, 3.05) is 0 Å². The first-order chi connectivity index (χ1) is 8.71. The van der Waals surface area contributed by atoms with Crippen LogP contribution in [0.25, 0.3) is 6.08 Å². The van der Waals surface area contributed by atoms with Crippen LogP contribution in [0.2, 0.25) is 0 Å². The Kier molecular flexibility index (Phi) is 3.45. The first kappa shape index (κ1) is 14.1. The fraction of sp³-hybridized carbons (Fsp3) is 0.500. The lowest BCUT2D eigenvalue weighted by Crippen LogP contribution is -2.41. The highest BCUT2D eigenvalue weighted by Gasteiger charge is 2.49. The van der Waals surface area contributed by atoms with Gasteiger partial charge in [-0.05, 0) is 45.7 Å². The molecule has 1 saturated heterocycles. The van der Waals surface area contributed by atoms with E-state index >= 15 is 0 Å². The van der Waals surface area contributed by atoms with E-state index in [2.05, 4.69) is 4.98 Å². The highest BCUT2D eigenvalue weighted by Crippen LogP contribution is 2.37. The van der Waals surface area contributed by atoms with Crippen molar-refractivity contribution in [2.45, 2.75) is 45.8 Å². The number of H-pyrrole nitrogens is 1. The Morgan fingerprint density at radius 2 is 1.79 bits per heavy atom. The van der Waals surface area contributed by atoms with Gasteiger partial charge in [0.1, 0.15) is 0 Å². The number of rotatable bonds is 2. The van der Waals surface area contributed by atoms with Crippen LogP contribution in [-0.2, 0) is 9.31 Å². The molecule has 0 unspecified atom stereocenters. The summed E-state index contributed by atoms with van der Waals surface area (Å²) in [4.78, 5) is 13.8. The van der Waals surface area contributed by atoms with Gasteiger partial charge in [0.25, 0.3) is 0 Å². The average molecular weight is 261 g/mol. The minimum absolute atomic E-state index is 0.0923. The van der Waals surface area contributed by atoms with Crippen molar-refractivity contribution in [3.63, 3.8) is 0 Å². The molecule has 5 heteroatoms. The van der Waals surface area contributed by atoms with Crippen LogP contribution in [0.4, 0.5) is 0 Å². The Morgan fingerprint density at radius 1 is 1.21 bits per heavy atom. The van der Waals surface area contributed by atoms with Gasteiger partial charge in [0.15, 0.2) is 0 Å². The smallest absolute Gasteiger partial charge is 0.400 e. The molecule has 1 aliphatic heterocycles. The van der Waals surface area contributed by atoms with E-state index in [1.54, 1.807) is 12.3 Å². The third kappa shape index (κ3) is 2.82. The molecule has 102 valence electrons. The van der Waals surface area contributed by atoms with Gasteiger partial charge in [-0.3, -0.25) is 4.79 Å².